The molecule has 2 rings (SSSR count). The largest absolute Gasteiger partial charge is 0.338 e. The highest BCUT2D eigenvalue weighted by atomic mass is 32.2. The molecule has 0 N–H and O–H groups in total. The molecule has 1 fully saturated rings. The van der Waals surface area contributed by atoms with Crippen LogP contribution in [0.1, 0.15) is 16.8 Å². The van der Waals surface area contributed by atoms with Gasteiger partial charge in [0, 0.05) is 23.5 Å². The Hall–Kier alpha value is -1.08. The third kappa shape index (κ3) is 3.48. The molecular weight excluding hydrogens is 289 g/mol. The number of amides is 1. The molecule has 0 unspecified atom stereocenters. The average molecular weight is 303 g/mol. The van der Waals surface area contributed by atoms with E-state index >= 15 is 0 Å². The van der Waals surface area contributed by atoms with E-state index in [0.717, 1.165) is 0 Å². The number of nitrogens with zero attached hydrogens (tertiary/aromatic N) is 1. The maximum absolute atomic E-state index is 13.1. The molecule has 1 aliphatic rings. The summed E-state index contributed by atoms with van der Waals surface area (Å²) in [4.78, 5) is 13.8. The van der Waals surface area contributed by atoms with Gasteiger partial charge in [-0.25, -0.2) is 12.8 Å². The zero-order valence-corrected chi connectivity index (χ0v) is 11.9. The van der Waals surface area contributed by atoms with E-state index in [-0.39, 0.29) is 28.9 Å². The van der Waals surface area contributed by atoms with Crippen molar-refractivity contribution in [2.24, 2.45) is 0 Å². The fourth-order valence-electron chi connectivity index (χ4n) is 1.97. The summed E-state index contributed by atoms with van der Waals surface area (Å²) in [6.45, 7) is 0.581. The van der Waals surface area contributed by atoms with Gasteiger partial charge in [-0.15, -0.1) is 12.6 Å². The second kappa shape index (κ2) is 5.50. The van der Waals surface area contributed by atoms with Crippen molar-refractivity contribution in [3.63, 3.8) is 0 Å². The normalized spacial score (nSPS) is 18.9. The summed E-state index contributed by atoms with van der Waals surface area (Å²) in [5.41, 5.74) is 0.325. The monoisotopic (exact) mass is 303 g/mol. The minimum Gasteiger partial charge on any atom is -0.338 e. The first-order chi connectivity index (χ1) is 8.89. The Morgan fingerprint density at radius 1 is 1.26 bits per heavy atom. The highest BCUT2D eigenvalue weighted by Crippen LogP contribution is 2.17. The number of sulfone groups is 1. The van der Waals surface area contributed by atoms with Crippen LogP contribution in [0.4, 0.5) is 4.39 Å². The summed E-state index contributed by atoms with van der Waals surface area (Å²) in [5, 5.41) is 0. The third-order valence-corrected chi connectivity index (χ3v) is 5.09. The Bertz CT molecular complexity index is 601. The fraction of sp³-hybridized carbons (Fsp3) is 0.417. The van der Waals surface area contributed by atoms with E-state index in [2.05, 4.69) is 12.6 Å². The molecule has 1 amide bonds. The molecule has 0 atom stereocenters. The molecule has 7 heteroatoms. The maximum atomic E-state index is 13.1. The second-order valence-electron chi connectivity index (χ2n) is 4.46. The van der Waals surface area contributed by atoms with Gasteiger partial charge in [0.2, 0.25) is 0 Å². The van der Waals surface area contributed by atoms with Gasteiger partial charge >= 0.3 is 0 Å². The summed E-state index contributed by atoms with van der Waals surface area (Å²) in [6.07, 6.45) is 0.434. The van der Waals surface area contributed by atoms with Gasteiger partial charge in [0.05, 0.1) is 11.5 Å². The fourth-order valence-corrected chi connectivity index (χ4v) is 3.46. The lowest BCUT2D eigenvalue weighted by molar-refractivity contribution is 0.0768. The van der Waals surface area contributed by atoms with Crippen molar-refractivity contribution in [1.82, 2.24) is 4.90 Å². The van der Waals surface area contributed by atoms with Crippen LogP contribution in [-0.2, 0) is 9.84 Å². The number of hydrogen-bond acceptors (Lipinski definition) is 4. The maximum Gasteiger partial charge on any atom is 0.253 e. The van der Waals surface area contributed by atoms with E-state index in [1.54, 1.807) is 0 Å². The molecule has 1 aromatic rings. The van der Waals surface area contributed by atoms with Crippen molar-refractivity contribution in [3.8, 4) is 0 Å². The van der Waals surface area contributed by atoms with E-state index in [4.69, 9.17) is 0 Å². The molecule has 0 saturated carbocycles. The molecule has 1 heterocycles. The topological polar surface area (TPSA) is 54.5 Å². The van der Waals surface area contributed by atoms with Crippen LogP contribution in [0.15, 0.2) is 23.1 Å². The van der Waals surface area contributed by atoms with Crippen LogP contribution >= 0.6 is 12.6 Å². The Balaban J connectivity index is 2.17. The van der Waals surface area contributed by atoms with Gasteiger partial charge in [0.15, 0.2) is 9.84 Å². The predicted octanol–water partition coefficient (Wildman–Crippen LogP) is 1.38. The van der Waals surface area contributed by atoms with Crippen molar-refractivity contribution in [1.29, 1.82) is 0 Å². The third-order valence-electron chi connectivity index (χ3n) is 3.04. The molecule has 0 radical (unpaired) electrons. The van der Waals surface area contributed by atoms with Crippen LogP contribution in [-0.4, -0.2) is 43.8 Å². The summed E-state index contributed by atoms with van der Waals surface area (Å²) in [7, 11) is -3.05. The number of carbonyl (C=O) groups excluding carboxylic acids is 1. The summed E-state index contributed by atoms with van der Waals surface area (Å²) < 4.78 is 36.0. The van der Waals surface area contributed by atoms with E-state index in [1.807, 2.05) is 0 Å². The first-order valence-electron chi connectivity index (χ1n) is 5.87. The van der Waals surface area contributed by atoms with Crippen molar-refractivity contribution in [2.75, 3.05) is 24.6 Å². The summed E-state index contributed by atoms with van der Waals surface area (Å²) in [5.74, 6) is -0.684. The van der Waals surface area contributed by atoms with Gasteiger partial charge in [-0.05, 0) is 24.6 Å². The van der Waals surface area contributed by atoms with Gasteiger partial charge in [-0.3, -0.25) is 4.79 Å². The number of rotatable bonds is 1. The van der Waals surface area contributed by atoms with Crippen LogP contribution in [0.25, 0.3) is 0 Å². The zero-order chi connectivity index (χ0) is 14.0. The highest BCUT2D eigenvalue weighted by molar-refractivity contribution is 7.91. The zero-order valence-electron chi connectivity index (χ0n) is 10.2. The van der Waals surface area contributed by atoms with Crippen molar-refractivity contribution in [2.45, 2.75) is 11.3 Å². The first kappa shape index (κ1) is 14.3. The van der Waals surface area contributed by atoms with Crippen LogP contribution in [0.2, 0.25) is 0 Å². The number of thiol groups is 1. The number of carbonyl (C=O) groups is 1. The SMILES string of the molecule is O=C(c1ccc(F)c(S)c1)N1CCCS(=O)(=O)CC1. The van der Waals surface area contributed by atoms with Gasteiger partial charge in [-0.2, -0.15) is 0 Å². The Kier molecular flexibility index (Phi) is 4.15. The molecule has 0 aliphatic carbocycles. The van der Waals surface area contributed by atoms with Gasteiger partial charge in [0.25, 0.3) is 5.91 Å². The first-order valence-corrected chi connectivity index (χ1v) is 8.14. The number of hydrogen-bond donors (Lipinski definition) is 1. The molecule has 0 bridgehead atoms. The van der Waals surface area contributed by atoms with Crippen LogP contribution in [0, 0.1) is 5.82 Å². The minimum absolute atomic E-state index is 0.0202. The molecule has 4 nitrogen and oxygen atoms in total. The van der Waals surface area contributed by atoms with E-state index in [0.29, 0.717) is 18.5 Å². The molecule has 19 heavy (non-hydrogen) atoms. The Labute approximate surface area is 116 Å². The van der Waals surface area contributed by atoms with E-state index in [9.17, 15) is 17.6 Å². The molecule has 1 saturated heterocycles. The van der Waals surface area contributed by atoms with E-state index in [1.165, 1.54) is 23.1 Å². The lowest BCUT2D eigenvalue weighted by atomic mass is 10.2. The molecule has 0 spiro atoms. The van der Waals surface area contributed by atoms with Crippen molar-refractivity contribution < 1.29 is 17.6 Å². The van der Waals surface area contributed by atoms with Crippen molar-refractivity contribution in [3.05, 3.63) is 29.6 Å². The molecule has 0 aromatic heterocycles. The van der Waals surface area contributed by atoms with Crippen LogP contribution in [0.5, 0.6) is 0 Å². The van der Waals surface area contributed by atoms with Crippen LogP contribution in [0.3, 0.4) is 0 Å². The van der Waals surface area contributed by atoms with Crippen LogP contribution < -0.4 is 0 Å². The highest BCUT2D eigenvalue weighted by Gasteiger charge is 2.23. The molecule has 1 aliphatic heterocycles. The van der Waals surface area contributed by atoms with Gasteiger partial charge in [-0.1, -0.05) is 0 Å². The van der Waals surface area contributed by atoms with E-state index < -0.39 is 15.7 Å². The lowest BCUT2D eigenvalue weighted by Gasteiger charge is -2.19. The number of halogens is 1. The minimum atomic E-state index is -3.05. The van der Waals surface area contributed by atoms with Gasteiger partial charge < -0.3 is 4.90 Å². The molecule has 1 aromatic carbocycles. The number of benzene rings is 1. The second-order valence-corrected chi connectivity index (χ2v) is 7.25. The molecular formula is C12H14FNO3S2. The standard InChI is InChI=1S/C12H14FNO3S2/c13-10-3-2-9(8-11(10)18)12(15)14-4-1-6-19(16,17)7-5-14/h2-3,8,18H,1,4-7H2. The van der Waals surface area contributed by atoms with Gasteiger partial charge in [0.1, 0.15) is 5.82 Å². The quantitative estimate of drug-likeness (QED) is 0.797. The summed E-state index contributed by atoms with van der Waals surface area (Å²) >= 11 is 3.93. The Morgan fingerprint density at radius 3 is 2.68 bits per heavy atom. The molecule has 104 valence electrons. The lowest BCUT2D eigenvalue weighted by Crippen LogP contribution is -2.33. The smallest absolute Gasteiger partial charge is 0.253 e. The Morgan fingerprint density at radius 2 is 2.00 bits per heavy atom. The van der Waals surface area contributed by atoms with Crippen molar-refractivity contribution >= 4 is 28.4 Å². The average Bonchev–Trinajstić information content (AvgIpc) is 2.53. The predicted molar refractivity (Wildman–Crippen MR) is 72.8 cm³/mol. The summed E-state index contributed by atoms with van der Waals surface area (Å²) in [6, 6.07) is 3.93.